The molecule has 0 radical (unpaired) electrons. The fraction of sp³-hybridized carbons (Fsp3) is 0.182. The van der Waals surface area contributed by atoms with Crippen molar-refractivity contribution in [2.75, 3.05) is 18.5 Å². The second-order valence-electron chi connectivity index (χ2n) is 7.37. The average molecular weight is 419 g/mol. The maximum atomic E-state index is 13.3. The Labute approximate surface area is 176 Å². The number of guanidine groups is 1. The number of aliphatic imine (C=N–C) groups is 1. The minimum Gasteiger partial charge on any atom is -0.489 e. The van der Waals surface area contributed by atoms with E-state index in [9.17, 15) is 4.39 Å². The van der Waals surface area contributed by atoms with Crippen molar-refractivity contribution in [1.29, 1.82) is 0 Å². The summed E-state index contributed by atoms with van der Waals surface area (Å²) in [4.78, 5) is 9.21. The molecule has 4 aromatic rings. The third kappa shape index (κ3) is 2.97. The van der Waals surface area contributed by atoms with Crippen LogP contribution in [0.1, 0.15) is 18.3 Å². The number of nitrogens with one attached hydrogen (secondary N) is 1. The van der Waals surface area contributed by atoms with E-state index in [1.807, 2.05) is 28.8 Å². The van der Waals surface area contributed by atoms with Gasteiger partial charge in [-0.05, 0) is 36.4 Å². The van der Waals surface area contributed by atoms with Gasteiger partial charge >= 0.3 is 0 Å². The van der Waals surface area contributed by atoms with E-state index in [0.717, 1.165) is 23.0 Å². The Morgan fingerprint density at radius 2 is 1.81 bits per heavy atom. The summed E-state index contributed by atoms with van der Waals surface area (Å²) in [6.07, 6.45) is 0.265. The monoisotopic (exact) mass is 419 g/mol. The summed E-state index contributed by atoms with van der Waals surface area (Å²) in [5.41, 5.74) is 8.34. The molecule has 0 bridgehead atoms. The van der Waals surface area contributed by atoms with Crippen molar-refractivity contribution in [1.82, 2.24) is 9.55 Å². The predicted molar refractivity (Wildman–Crippen MR) is 113 cm³/mol. The highest BCUT2D eigenvalue weighted by Gasteiger charge is 2.29. The largest absolute Gasteiger partial charge is 0.489 e. The molecular formula is C22H18FN5O3. The molecule has 0 fully saturated rings. The quantitative estimate of drug-likeness (QED) is 0.511. The number of rotatable bonds is 2. The van der Waals surface area contributed by atoms with Crippen LogP contribution < -0.4 is 20.5 Å². The predicted octanol–water partition coefficient (Wildman–Crippen LogP) is 3.88. The molecule has 0 saturated heterocycles. The van der Waals surface area contributed by atoms with E-state index in [-0.39, 0.29) is 11.8 Å². The van der Waals surface area contributed by atoms with Crippen LogP contribution in [0, 0.1) is 5.82 Å². The summed E-state index contributed by atoms with van der Waals surface area (Å²) >= 11 is 0. The molecule has 1 atom stereocenters. The summed E-state index contributed by atoms with van der Waals surface area (Å²) in [5.74, 6) is 3.01. The van der Waals surface area contributed by atoms with Gasteiger partial charge < -0.3 is 19.6 Å². The minimum absolute atomic E-state index is 0.238. The lowest BCUT2D eigenvalue weighted by atomic mass is 10.2. The number of benzene rings is 2. The van der Waals surface area contributed by atoms with Crippen LogP contribution in [-0.4, -0.2) is 28.7 Å². The molecule has 2 aromatic heterocycles. The van der Waals surface area contributed by atoms with Gasteiger partial charge in [-0.15, -0.1) is 0 Å². The first-order chi connectivity index (χ1) is 15.2. The Morgan fingerprint density at radius 3 is 2.61 bits per heavy atom. The fourth-order valence-electron chi connectivity index (χ4n) is 3.88. The summed E-state index contributed by atoms with van der Waals surface area (Å²) in [5, 5.41) is 3.01. The number of hydrogen-bond donors (Lipinski definition) is 2. The van der Waals surface area contributed by atoms with Gasteiger partial charge in [-0.2, -0.15) is 0 Å². The molecule has 2 aliphatic heterocycles. The lowest BCUT2D eigenvalue weighted by Gasteiger charge is -2.22. The maximum Gasteiger partial charge on any atom is 0.212 e. The third-order valence-electron chi connectivity index (χ3n) is 5.31. The Balaban J connectivity index is 1.46. The Morgan fingerprint density at radius 1 is 1.03 bits per heavy atom. The van der Waals surface area contributed by atoms with Crippen molar-refractivity contribution in [3.05, 3.63) is 60.1 Å². The standard InChI is InChI=1S/C22H18FN5O3/c23-13-4-2-12(3-5-13)16-6-7-17(31-16)20-26-21(24)27-22-25-14-10-18-19(11-15(14)28(20)22)30-9-1-8-29-18/h2-7,10-11,20H,1,8-9H2,(H3,24,25,26,27). The van der Waals surface area contributed by atoms with E-state index in [0.29, 0.717) is 42.2 Å². The molecule has 2 aromatic carbocycles. The van der Waals surface area contributed by atoms with Gasteiger partial charge in [-0.1, -0.05) is 0 Å². The molecule has 31 heavy (non-hydrogen) atoms. The average Bonchev–Trinajstić information content (AvgIpc) is 3.31. The van der Waals surface area contributed by atoms with Gasteiger partial charge in [0.25, 0.3) is 0 Å². The lowest BCUT2D eigenvalue weighted by molar-refractivity contribution is 0.297. The Kier molecular flexibility index (Phi) is 3.89. The van der Waals surface area contributed by atoms with E-state index < -0.39 is 6.17 Å². The molecule has 0 aliphatic carbocycles. The molecule has 9 heteroatoms. The van der Waals surface area contributed by atoms with Gasteiger partial charge in [0, 0.05) is 24.1 Å². The van der Waals surface area contributed by atoms with Gasteiger partial charge in [-0.3, -0.25) is 9.88 Å². The zero-order valence-electron chi connectivity index (χ0n) is 16.3. The smallest absolute Gasteiger partial charge is 0.212 e. The highest BCUT2D eigenvalue weighted by Crippen LogP contribution is 2.39. The molecular weight excluding hydrogens is 401 g/mol. The number of ether oxygens (including phenoxy) is 2. The van der Waals surface area contributed by atoms with Crippen LogP contribution in [0.25, 0.3) is 22.4 Å². The van der Waals surface area contributed by atoms with Crippen LogP contribution >= 0.6 is 0 Å². The van der Waals surface area contributed by atoms with Gasteiger partial charge in [0.2, 0.25) is 5.95 Å². The van der Waals surface area contributed by atoms with Gasteiger partial charge in [-0.25, -0.2) is 14.4 Å². The highest BCUT2D eigenvalue weighted by atomic mass is 19.1. The SMILES string of the molecule is NC1=NC(c2ccc(-c3ccc(F)cc3)o2)n2c(nc3cc4c(cc32)OCCCO4)N1. The van der Waals surface area contributed by atoms with E-state index in [4.69, 9.17) is 19.6 Å². The molecule has 3 N–H and O–H groups in total. The van der Waals surface area contributed by atoms with Crippen molar-refractivity contribution in [3.8, 4) is 22.8 Å². The first-order valence-electron chi connectivity index (χ1n) is 9.93. The summed E-state index contributed by atoms with van der Waals surface area (Å²) < 4.78 is 32.9. The van der Waals surface area contributed by atoms with Crippen molar-refractivity contribution in [3.63, 3.8) is 0 Å². The second kappa shape index (κ2) is 6.76. The molecule has 1 unspecified atom stereocenters. The molecule has 8 nitrogen and oxygen atoms in total. The number of nitrogens with two attached hydrogens (primary N) is 1. The maximum absolute atomic E-state index is 13.3. The van der Waals surface area contributed by atoms with Crippen molar-refractivity contribution in [2.45, 2.75) is 12.6 Å². The number of halogens is 1. The van der Waals surface area contributed by atoms with Crippen molar-refractivity contribution < 1.29 is 18.3 Å². The van der Waals surface area contributed by atoms with E-state index in [2.05, 4.69) is 15.3 Å². The molecule has 6 rings (SSSR count). The van der Waals surface area contributed by atoms with Gasteiger partial charge in [0.1, 0.15) is 17.3 Å². The topological polar surface area (TPSA) is 99.8 Å². The molecule has 0 amide bonds. The van der Waals surface area contributed by atoms with E-state index in [1.165, 1.54) is 12.1 Å². The second-order valence-corrected chi connectivity index (χ2v) is 7.37. The lowest BCUT2D eigenvalue weighted by Crippen LogP contribution is -2.31. The van der Waals surface area contributed by atoms with Crippen LogP contribution in [-0.2, 0) is 0 Å². The first-order valence-corrected chi connectivity index (χ1v) is 9.93. The fourth-order valence-corrected chi connectivity index (χ4v) is 3.88. The number of hydrogen-bond acceptors (Lipinski definition) is 7. The molecule has 4 heterocycles. The van der Waals surface area contributed by atoms with Gasteiger partial charge in [0.05, 0.1) is 24.2 Å². The number of imidazole rings is 1. The van der Waals surface area contributed by atoms with E-state index >= 15 is 0 Å². The number of anilines is 1. The zero-order valence-corrected chi connectivity index (χ0v) is 16.3. The summed E-state index contributed by atoms with van der Waals surface area (Å²) in [6, 6.07) is 13.6. The van der Waals surface area contributed by atoms with E-state index in [1.54, 1.807) is 12.1 Å². The Bertz CT molecular complexity index is 1330. The van der Waals surface area contributed by atoms with Crippen molar-refractivity contribution >= 4 is 22.9 Å². The zero-order chi connectivity index (χ0) is 20.9. The van der Waals surface area contributed by atoms with Crippen LogP contribution in [0.4, 0.5) is 10.3 Å². The number of fused-ring (bicyclic) bond motifs is 4. The number of aromatic nitrogens is 2. The summed E-state index contributed by atoms with van der Waals surface area (Å²) in [6.45, 7) is 1.19. The van der Waals surface area contributed by atoms with Gasteiger partial charge in [0.15, 0.2) is 23.6 Å². The molecule has 2 aliphatic rings. The third-order valence-corrected chi connectivity index (χ3v) is 5.31. The Hall–Kier alpha value is -4.01. The summed E-state index contributed by atoms with van der Waals surface area (Å²) in [7, 11) is 0. The molecule has 0 spiro atoms. The van der Waals surface area contributed by atoms with Crippen LogP contribution in [0.3, 0.4) is 0 Å². The number of furan rings is 1. The number of nitrogens with zero attached hydrogens (tertiary/aromatic N) is 3. The molecule has 156 valence electrons. The normalized spacial score (nSPS) is 17.6. The van der Waals surface area contributed by atoms with Crippen LogP contribution in [0.5, 0.6) is 11.5 Å². The first kappa shape index (κ1) is 17.8. The van der Waals surface area contributed by atoms with Crippen LogP contribution in [0.15, 0.2) is 57.9 Å². The highest BCUT2D eigenvalue weighted by molar-refractivity contribution is 5.95. The van der Waals surface area contributed by atoms with Crippen LogP contribution in [0.2, 0.25) is 0 Å². The minimum atomic E-state index is -0.555. The van der Waals surface area contributed by atoms with Crippen molar-refractivity contribution in [2.24, 2.45) is 10.7 Å². The molecule has 0 saturated carbocycles.